The van der Waals surface area contributed by atoms with Crippen molar-refractivity contribution in [2.75, 3.05) is 6.61 Å². The fraction of sp³-hybridized carbons (Fsp3) is 0.833. The van der Waals surface area contributed by atoms with Crippen LogP contribution in [-0.2, 0) is 33.3 Å². The maximum absolute atomic E-state index is 14.7. The van der Waals surface area contributed by atoms with E-state index >= 15 is 0 Å². The average molecular weight is 678 g/mol. The van der Waals surface area contributed by atoms with E-state index in [0.29, 0.717) is 17.6 Å². The molecule has 5 aliphatic rings. The lowest BCUT2D eigenvalue weighted by Crippen LogP contribution is -2.76. The highest BCUT2D eigenvalue weighted by Gasteiger charge is 2.72. The molecular weight excluding hydrogens is 622 g/mol. The third-order valence-electron chi connectivity index (χ3n) is 12.4. The molecule has 12 heteroatoms. The Morgan fingerprint density at radius 1 is 1.06 bits per heavy atom. The van der Waals surface area contributed by atoms with E-state index in [1.165, 1.54) is 6.92 Å². The van der Waals surface area contributed by atoms with Gasteiger partial charge in [0.05, 0.1) is 30.3 Å². The van der Waals surface area contributed by atoms with Gasteiger partial charge in [-0.1, -0.05) is 34.6 Å². The fourth-order valence-corrected chi connectivity index (χ4v) is 9.81. The van der Waals surface area contributed by atoms with Crippen LogP contribution >= 0.6 is 0 Å². The molecule has 1 saturated heterocycles. The van der Waals surface area contributed by atoms with Gasteiger partial charge in [-0.2, -0.15) is 0 Å². The third-order valence-corrected chi connectivity index (χ3v) is 12.4. The first-order chi connectivity index (χ1) is 21.9. The molecule has 0 spiro atoms. The largest absolute Gasteiger partial charge is 0.456 e. The SMILES string of the molecule is CC(=O)OC1C(=O)[C@]2(C)C(O)CC3OCC3(O)C2[C@H](C)C2CC(OC(=O)C(O)C(NC(=O)OC(C)(C)C)C3CC3(C)C)C(C)=C1C2(C)C. The van der Waals surface area contributed by atoms with E-state index in [-0.39, 0.29) is 42.6 Å². The number of hydrogen-bond acceptors (Lipinski definition) is 11. The summed E-state index contributed by atoms with van der Waals surface area (Å²) in [6.45, 7) is 19.6. The average Bonchev–Trinajstić information content (AvgIpc) is 3.58. The monoisotopic (exact) mass is 677 g/mol. The molecule has 1 heterocycles. The van der Waals surface area contributed by atoms with Gasteiger partial charge in [0.1, 0.15) is 17.3 Å². The van der Waals surface area contributed by atoms with E-state index in [1.54, 1.807) is 34.6 Å². The molecule has 12 nitrogen and oxygen atoms in total. The van der Waals surface area contributed by atoms with Gasteiger partial charge in [-0.15, -0.1) is 0 Å². The number of esters is 2. The predicted octanol–water partition coefficient (Wildman–Crippen LogP) is 3.23. The van der Waals surface area contributed by atoms with E-state index in [2.05, 4.69) is 5.32 Å². The summed E-state index contributed by atoms with van der Waals surface area (Å²) < 4.78 is 23.0. The maximum Gasteiger partial charge on any atom is 0.407 e. The van der Waals surface area contributed by atoms with E-state index < -0.39 is 88.3 Å². The topological polar surface area (TPSA) is 178 Å². The Kier molecular flexibility index (Phi) is 9.01. The highest BCUT2D eigenvalue weighted by atomic mass is 16.6. The zero-order valence-electron chi connectivity index (χ0n) is 30.2. The van der Waals surface area contributed by atoms with Crippen molar-refractivity contribution in [2.24, 2.45) is 39.9 Å². The molecule has 48 heavy (non-hydrogen) atoms. The second-order valence-corrected chi connectivity index (χ2v) is 17.5. The molecule has 0 aromatic rings. The molecular formula is C36H55NO11. The molecule has 1 amide bonds. The molecule has 4 fully saturated rings. The molecule has 12 atom stereocenters. The summed E-state index contributed by atoms with van der Waals surface area (Å²) in [5, 5.41) is 37.6. The summed E-state index contributed by atoms with van der Waals surface area (Å²) in [6, 6.07) is -0.968. The summed E-state index contributed by atoms with van der Waals surface area (Å²) in [4.78, 5) is 53.9. The molecule has 0 aromatic carbocycles. The number of ether oxygens (including phenoxy) is 4. The molecule has 3 saturated carbocycles. The Balaban J connectivity index is 1.53. The van der Waals surface area contributed by atoms with Crippen LogP contribution in [0.3, 0.4) is 0 Å². The normalized spacial score (nSPS) is 40.8. The van der Waals surface area contributed by atoms with Gasteiger partial charge in [-0.05, 0) is 87.2 Å². The number of aliphatic hydroxyl groups excluding tert-OH is 2. The Bertz CT molecular complexity index is 1400. The Labute approximate surface area is 283 Å². The maximum atomic E-state index is 14.7. The first-order valence-electron chi connectivity index (χ1n) is 17.2. The summed E-state index contributed by atoms with van der Waals surface area (Å²) >= 11 is 0. The fourth-order valence-electron chi connectivity index (χ4n) is 9.81. The van der Waals surface area contributed by atoms with Gasteiger partial charge in [0.25, 0.3) is 0 Å². The number of hydrogen-bond donors (Lipinski definition) is 4. The lowest BCUT2D eigenvalue weighted by molar-refractivity contribution is -0.326. The van der Waals surface area contributed by atoms with Crippen molar-refractivity contribution in [3.05, 3.63) is 11.1 Å². The van der Waals surface area contributed by atoms with E-state index in [9.17, 15) is 34.5 Å². The summed E-state index contributed by atoms with van der Waals surface area (Å²) in [7, 11) is 0. The van der Waals surface area contributed by atoms with Crippen molar-refractivity contribution < 1.29 is 53.4 Å². The second-order valence-electron chi connectivity index (χ2n) is 17.5. The summed E-state index contributed by atoms with van der Waals surface area (Å²) in [6.07, 6.45) is -5.58. The number of alkyl carbamates (subject to hydrolysis) is 1. The summed E-state index contributed by atoms with van der Waals surface area (Å²) in [5.41, 5.74) is -3.64. The lowest BCUT2D eigenvalue weighted by atomic mass is 9.44. The van der Waals surface area contributed by atoms with Crippen molar-refractivity contribution in [2.45, 2.75) is 143 Å². The molecule has 0 radical (unpaired) electrons. The number of rotatable bonds is 6. The van der Waals surface area contributed by atoms with Gasteiger partial charge in [-0.25, -0.2) is 9.59 Å². The molecule has 4 aliphatic carbocycles. The zero-order valence-corrected chi connectivity index (χ0v) is 30.2. The minimum atomic E-state index is -1.71. The number of fused-ring (bicyclic) bond motifs is 5. The van der Waals surface area contributed by atoms with Gasteiger partial charge >= 0.3 is 18.0 Å². The number of Topliss-reactive ketones (excluding diaryl/α,β-unsaturated/α-hetero) is 1. The summed E-state index contributed by atoms with van der Waals surface area (Å²) in [5.74, 6) is -3.83. The van der Waals surface area contributed by atoms with Gasteiger partial charge in [0.2, 0.25) is 0 Å². The molecule has 5 rings (SSSR count). The highest BCUT2D eigenvalue weighted by molar-refractivity contribution is 5.94. The molecule has 2 bridgehead atoms. The molecule has 0 aromatic heterocycles. The van der Waals surface area contributed by atoms with Crippen LogP contribution in [0.4, 0.5) is 4.79 Å². The van der Waals surface area contributed by atoms with Crippen LogP contribution in [0.5, 0.6) is 0 Å². The number of amides is 1. The van der Waals surface area contributed by atoms with Gasteiger partial charge in [0, 0.05) is 19.3 Å². The van der Waals surface area contributed by atoms with Crippen molar-refractivity contribution in [3.8, 4) is 0 Å². The van der Waals surface area contributed by atoms with Crippen LogP contribution in [0.25, 0.3) is 0 Å². The number of carbonyl (C=O) groups is 4. The third kappa shape index (κ3) is 5.88. The van der Waals surface area contributed by atoms with Gasteiger partial charge < -0.3 is 39.6 Å². The smallest absolute Gasteiger partial charge is 0.407 e. The van der Waals surface area contributed by atoms with Crippen molar-refractivity contribution >= 4 is 23.8 Å². The van der Waals surface area contributed by atoms with Crippen LogP contribution in [0.2, 0.25) is 0 Å². The quantitative estimate of drug-likeness (QED) is 0.184. The zero-order chi connectivity index (χ0) is 36.1. The van der Waals surface area contributed by atoms with Crippen molar-refractivity contribution in [1.82, 2.24) is 5.32 Å². The molecule has 270 valence electrons. The highest BCUT2D eigenvalue weighted by Crippen LogP contribution is 2.63. The molecule has 10 unspecified atom stereocenters. The minimum Gasteiger partial charge on any atom is -0.456 e. The standard InChI is InChI=1S/C36H55NO11/c1-16-19-12-21(47-30(42)26(40)25(20-14-33(20,7)8)37-31(43)48-32(4,5)6)17(2)24(34(19,9)10)27(46-18(3)38)29(41)35(11)22(39)13-23-36(44,15-45-23)28(16)35/h16,19-23,25-28,39-40,44H,12-15H2,1-11H3,(H,37,43)/t16-,19?,20?,21?,22?,23?,25?,26?,27?,28?,35-,36?/m1/s1. The van der Waals surface area contributed by atoms with Gasteiger partial charge in [-0.3, -0.25) is 9.59 Å². The van der Waals surface area contributed by atoms with E-state index in [0.717, 1.165) is 0 Å². The number of carbonyl (C=O) groups excluding carboxylic acids is 4. The van der Waals surface area contributed by atoms with Crippen LogP contribution in [-0.4, -0.2) is 93.5 Å². The Hall–Kier alpha value is -2.54. The minimum absolute atomic E-state index is 0.00350. The van der Waals surface area contributed by atoms with E-state index in [4.69, 9.17) is 18.9 Å². The molecule has 4 N–H and O–H groups in total. The lowest BCUT2D eigenvalue weighted by Gasteiger charge is -2.65. The Morgan fingerprint density at radius 3 is 2.17 bits per heavy atom. The van der Waals surface area contributed by atoms with Crippen LogP contribution in [0, 0.1) is 39.9 Å². The van der Waals surface area contributed by atoms with E-state index in [1.807, 2.05) is 34.6 Å². The Morgan fingerprint density at radius 2 is 1.67 bits per heavy atom. The van der Waals surface area contributed by atoms with Crippen molar-refractivity contribution in [3.63, 3.8) is 0 Å². The van der Waals surface area contributed by atoms with Crippen LogP contribution in [0.15, 0.2) is 11.1 Å². The number of ketones is 1. The first kappa shape index (κ1) is 36.7. The number of aliphatic hydroxyl groups is 3. The number of nitrogens with one attached hydrogen (secondary N) is 1. The van der Waals surface area contributed by atoms with Crippen LogP contribution < -0.4 is 5.32 Å². The van der Waals surface area contributed by atoms with Crippen LogP contribution in [0.1, 0.15) is 95.4 Å². The molecule has 1 aliphatic heterocycles. The van der Waals surface area contributed by atoms with Gasteiger partial charge in [0.15, 0.2) is 18.0 Å². The second kappa shape index (κ2) is 11.8. The predicted molar refractivity (Wildman–Crippen MR) is 172 cm³/mol. The van der Waals surface area contributed by atoms with Crippen molar-refractivity contribution in [1.29, 1.82) is 0 Å². The first-order valence-corrected chi connectivity index (χ1v) is 17.2.